The Morgan fingerprint density at radius 2 is 1.50 bits per heavy atom. The van der Waals surface area contributed by atoms with Crippen molar-refractivity contribution in [2.45, 2.75) is 13.8 Å². The van der Waals surface area contributed by atoms with Crippen molar-refractivity contribution in [1.82, 2.24) is 0 Å². The van der Waals surface area contributed by atoms with Crippen LogP contribution in [0, 0.1) is 13.8 Å². The SMILES string of the molecule is Cc1ccc(N2C(=O)C=CC2=O)cc1.Cc1cccs1. The number of carbonyl (C=O) groups excluding carboxylic acids is 2. The van der Waals surface area contributed by atoms with Gasteiger partial charge in [0.25, 0.3) is 11.8 Å². The minimum Gasteiger partial charge on any atom is -0.269 e. The van der Waals surface area contributed by atoms with Crippen LogP contribution in [0.15, 0.2) is 53.9 Å². The number of hydrogen-bond acceptors (Lipinski definition) is 3. The summed E-state index contributed by atoms with van der Waals surface area (Å²) in [6.07, 6.45) is 2.56. The number of rotatable bonds is 1. The molecule has 1 aliphatic rings. The standard InChI is InChI=1S/C11H9NO2.C5H6S/c1-8-2-4-9(5-3-8)12-10(13)6-7-11(12)14;1-5-3-2-4-6-5/h2-7H,1H3;2-4H,1H3. The fraction of sp³-hybridized carbons (Fsp3) is 0.125. The molecule has 1 aromatic carbocycles. The predicted molar refractivity (Wildman–Crippen MR) is 81.9 cm³/mol. The number of imide groups is 1. The summed E-state index contributed by atoms with van der Waals surface area (Å²) in [5.41, 5.74) is 1.72. The highest BCUT2D eigenvalue weighted by atomic mass is 32.1. The Kier molecular flexibility index (Phi) is 4.48. The zero-order valence-corrected chi connectivity index (χ0v) is 12.2. The van der Waals surface area contributed by atoms with Crippen LogP contribution in [0.25, 0.3) is 0 Å². The third kappa shape index (κ3) is 3.42. The number of benzene rings is 1. The van der Waals surface area contributed by atoms with Crippen molar-refractivity contribution in [3.05, 3.63) is 64.4 Å². The van der Waals surface area contributed by atoms with Crippen molar-refractivity contribution < 1.29 is 9.59 Å². The van der Waals surface area contributed by atoms with Crippen LogP contribution in [-0.2, 0) is 9.59 Å². The first-order valence-electron chi connectivity index (χ1n) is 6.21. The van der Waals surface area contributed by atoms with Gasteiger partial charge in [-0.15, -0.1) is 11.3 Å². The summed E-state index contributed by atoms with van der Waals surface area (Å²) in [5, 5.41) is 2.08. The summed E-state index contributed by atoms with van der Waals surface area (Å²) >= 11 is 1.78. The van der Waals surface area contributed by atoms with E-state index < -0.39 is 0 Å². The Morgan fingerprint density at radius 1 is 0.900 bits per heavy atom. The number of hydrogen-bond donors (Lipinski definition) is 0. The lowest BCUT2D eigenvalue weighted by molar-refractivity contribution is -0.119. The van der Waals surface area contributed by atoms with Gasteiger partial charge in [-0.2, -0.15) is 0 Å². The van der Waals surface area contributed by atoms with Crippen LogP contribution in [0.1, 0.15) is 10.4 Å². The fourth-order valence-electron chi connectivity index (χ4n) is 1.71. The molecule has 3 rings (SSSR count). The summed E-state index contributed by atoms with van der Waals surface area (Å²) in [7, 11) is 0. The third-order valence-electron chi connectivity index (χ3n) is 2.76. The Bertz CT molecular complexity index is 609. The zero-order valence-electron chi connectivity index (χ0n) is 11.4. The fourth-order valence-corrected chi connectivity index (χ4v) is 2.24. The normalized spacial score (nSPS) is 13.4. The molecule has 2 heterocycles. The van der Waals surface area contributed by atoms with Crippen molar-refractivity contribution >= 4 is 28.8 Å². The summed E-state index contributed by atoms with van der Waals surface area (Å²) in [6, 6.07) is 11.4. The van der Waals surface area contributed by atoms with Crippen molar-refractivity contribution in [2.75, 3.05) is 4.90 Å². The van der Waals surface area contributed by atoms with Crippen molar-refractivity contribution in [3.8, 4) is 0 Å². The van der Waals surface area contributed by atoms with E-state index in [1.54, 1.807) is 23.5 Å². The van der Waals surface area contributed by atoms with Crippen LogP contribution in [0.2, 0.25) is 0 Å². The molecule has 2 aromatic rings. The average molecular weight is 285 g/mol. The zero-order chi connectivity index (χ0) is 14.5. The van der Waals surface area contributed by atoms with E-state index in [1.165, 1.54) is 17.0 Å². The summed E-state index contributed by atoms with van der Waals surface area (Å²) in [5.74, 6) is -0.558. The van der Waals surface area contributed by atoms with Crippen LogP contribution in [-0.4, -0.2) is 11.8 Å². The highest BCUT2D eigenvalue weighted by molar-refractivity contribution is 7.09. The first kappa shape index (κ1) is 14.2. The summed E-state index contributed by atoms with van der Waals surface area (Å²) in [4.78, 5) is 25.1. The second kappa shape index (κ2) is 6.30. The van der Waals surface area contributed by atoms with Crippen LogP contribution >= 0.6 is 11.3 Å². The largest absolute Gasteiger partial charge is 0.269 e. The highest BCUT2D eigenvalue weighted by Gasteiger charge is 2.24. The number of anilines is 1. The molecule has 0 fully saturated rings. The maximum atomic E-state index is 11.3. The van der Waals surface area contributed by atoms with Gasteiger partial charge in [-0.25, -0.2) is 4.90 Å². The van der Waals surface area contributed by atoms with Gasteiger partial charge >= 0.3 is 0 Å². The lowest BCUT2D eigenvalue weighted by Gasteiger charge is -2.13. The van der Waals surface area contributed by atoms with Gasteiger partial charge in [0.1, 0.15) is 0 Å². The summed E-state index contributed by atoms with van der Waals surface area (Å²) in [6.45, 7) is 4.06. The van der Waals surface area contributed by atoms with Crippen LogP contribution < -0.4 is 4.90 Å². The van der Waals surface area contributed by atoms with Crippen molar-refractivity contribution in [2.24, 2.45) is 0 Å². The molecular formula is C16H15NO2S. The molecule has 3 nitrogen and oxygen atoms in total. The maximum absolute atomic E-state index is 11.3. The molecule has 2 amide bonds. The van der Waals surface area contributed by atoms with Crippen LogP contribution in [0.5, 0.6) is 0 Å². The number of thiophene rings is 1. The number of amides is 2. The molecule has 0 bridgehead atoms. The minimum absolute atomic E-state index is 0.279. The van der Waals surface area contributed by atoms with E-state index in [1.807, 2.05) is 19.1 Å². The van der Waals surface area contributed by atoms with Crippen molar-refractivity contribution in [1.29, 1.82) is 0 Å². The molecule has 0 saturated heterocycles. The molecule has 0 spiro atoms. The van der Waals surface area contributed by atoms with Gasteiger partial charge in [0, 0.05) is 17.0 Å². The van der Waals surface area contributed by atoms with Gasteiger partial charge in [0.05, 0.1) is 5.69 Å². The quantitative estimate of drug-likeness (QED) is 0.752. The molecule has 20 heavy (non-hydrogen) atoms. The maximum Gasteiger partial charge on any atom is 0.258 e. The Balaban J connectivity index is 0.000000205. The molecule has 0 saturated carbocycles. The smallest absolute Gasteiger partial charge is 0.258 e. The van der Waals surface area contributed by atoms with Crippen LogP contribution in [0.3, 0.4) is 0 Å². The number of nitrogens with zero attached hydrogens (tertiary/aromatic N) is 1. The molecule has 4 heteroatoms. The minimum atomic E-state index is -0.279. The Labute approximate surface area is 122 Å². The molecule has 102 valence electrons. The van der Waals surface area contributed by atoms with Crippen LogP contribution in [0.4, 0.5) is 5.69 Å². The van der Waals surface area contributed by atoms with Crippen molar-refractivity contribution in [3.63, 3.8) is 0 Å². The number of carbonyl (C=O) groups is 2. The van der Waals surface area contributed by atoms with Gasteiger partial charge in [0.15, 0.2) is 0 Å². The predicted octanol–water partition coefficient (Wildman–Crippen LogP) is 3.48. The average Bonchev–Trinajstić information content (AvgIpc) is 3.02. The first-order chi connectivity index (χ1) is 9.58. The molecule has 0 radical (unpaired) electrons. The van der Waals surface area contributed by atoms with E-state index in [9.17, 15) is 9.59 Å². The van der Waals surface area contributed by atoms with E-state index in [0.717, 1.165) is 10.5 Å². The molecule has 1 aromatic heterocycles. The molecule has 0 unspecified atom stereocenters. The molecule has 0 N–H and O–H groups in total. The van der Waals surface area contributed by atoms with E-state index >= 15 is 0 Å². The topological polar surface area (TPSA) is 37.4 Å². The molecule has 0 aliphatic carbocycles. The highest BCUT2D eigenvalue weighted by Crippen LogP contribution is 2.18. The summed E-state index contributed by atoms with van der Waals surface area (Å²) < 4.78 is 0. The molecular weight excluding hydrogens is 270 g/mol. The second-order valence-corrected chi connectivity index (χ2v) is 5.56. The van der Waals surface area contributed by atoms with E-state index in [0.29, 0.717) is 5.69 Å². The monoisotopic (exact) mass is 285 g/mol. The molecule has 0 atom stereocenters. The van der Waals surface area contributed by atoms with E-state index in [2.05, 4.69) is 24.4 Å². The lowest BCUT2D eigenvalue weighted by Crippen LogP contribution is -2.29. The van der Waals surface area contributed by atoms with Gasteiger partial charge in [-0.3, -0.25) is 9.59 Å². The van der Waals surface area contributed by atoms with E-state index in [-0.39, 0.29) is 11.8 Å². The second-order valence-electron chi connectivity index (χ2n) is 4.40. The van der Waals surface area contributed by atoms with Gasteiger partial charge in [-0.1, -0.05) is 23.8 Å². The lowest BCUT2D eigenvalue weighted by atomic mass is 10.2. The Hall–Kier alpha value is -2.20. The van der Waals surface area contributed by atoms with Gasteiger partial charge in [-0.05, 0) is 37.4 Å². The Morgan fingerprint density at radius 3 is 1.90 bits per heavy atom. The van der Waals surface area contributed by atoms with Gasteiger partial charge < -0.3 is 0 Å². The third-order valence-corrected chi connectivity index (χ3v) is 3.57. The van der Waals surface area contributed by atoms with Gasteiger partial charge in [0.2, 0.25) is 0 Å². The first-order valence-corrected chi connectivity index (χ1v) is 7.09. The van der Waals surface area contributed by atoms with E-state index in [4.69, 9.17) is 0 Å². The molecule has 1 aliphatic heterocycles. The number of aryl methyl sites for hydroxylation is 2.